The van der Waals surface area contributed by atoms with Crippen LogP contribution in [0.5, 0.6) is 0 Å². The smallest absolute Gasteiger partial charge is 0.136 e. The van der Waals surface area contributed by atoms with Crippen LogP contribution in [0, 0.1) is 35.0 Å². The molecule has 2 fully saturated rings. The summed E-state index contributed by atoms with van der Waals surface area (Å²) in [6.07, 6.45) is 4.68. The zero-order valence-corrected chi connectivity index (χ0v) is 12.1. The molecule has 2 unspecified atom stereocenters. The molecule has 0 amide bonds. The summed E-state index contributed by atoms with van der Waals surface area (Å²) in [6, 6.07) is 0. The number of Topliss-reactive ketones (excluding diaryl/α,β-unsaturated/α-hetero) is 1. The molecule has 0 heterocycles. The normalized spacial score (nSPS) is 45.5. The molecule has 1 nitrogen and oxygen atoms in total. The van der Waals surface area contributed by atoms with Gasteiger partial charge in [-0.2, -0.15) is 0 Å². The van der Waals surface area contributed by atoms with Crippen molar-refractivity contribution in [3.05, 3.63) is 0 Å². The average Bonchev–Trinajstić information content (AvgIpc) is 2.58. The molecule has 0 spiro atoms. The van der Waals surface area contributed by atoms with E-state index in [-0.39, 0.29) is 5.92 Å². The van der Waals surface area contributed by atoms with E-state index >= 15 is 0 Å². The third kappa shape index (κ3) is 1.96. The lowest BCUT2D eigenvalue weighted by atomic mass is 9.63. The van der Waals surface area contributed by atoms with Gasteiger partial charge in [0.2, 0.25) is 0 Å². The van der Waals surface area contributed by atoms with Crippen LogP contribution in [0.2, 0.25) is 0 Å². The summed E-state index contributed by atoms with van der Waals surface area (Å²) in [6.45, 7) is 11.6. The Labute approximate surface area is 106 Å². The lowest BCUT2D eigenvalue weighted by Crippen LogP contribution is -2.36. The largest absolute Gasteiger partial charge is 0.299 e. The van der Waals surface area contributed by atoms with Crippen LogP contribution < -0.4 is 0 Å². The fraction of sp³-hybridized carbons (Fsp3) is 0.938. The van der Waals surface area contributed by atoms with Crippen LogP contribution in [0.3, 0.4) is 0 Å². The van der Waals surface area contributed by atoms with Crippen LogP contribution in [0.4, 0.5) is 0 Å². The molecule has 5 atom stereocenters. The first-order valence-electron chi connectivity index (χ1n) is 7.42. The first kappa shape index (κ1) is 13.1. The molecule has 0 saturated heterocycles. The van der Waals surface area contributed by atoms with E-state index in [1.807, 2.05) is 0 Å². The first-order valence-corrected chi connectivity index (χ1v) is 7.42. The van der Waals surface area contributed by atoms with E-state index in [1.54, 1.807) is 0 Å². The van der Waals surface area contributed by atoms with Crippen LogP contribution in [-0.2, 0) is 4.79 Å². The van der Waals surface area contributed by atoms with E-state index in [9.17, 15) is 4.79 Å². The highest BCUT2D eigenvalue weighted by Crippen LogP contribution is 2.56. The predicted molar refractivity (Wildman–Crippen MR) is 71.7 cm³/mol. The summed E-state index contributed by atoms with van der Waals surface area (Å²) >= 11 is 0. The summed E-state index contributed by atoms with van der Waals surface area (Å²) in [4.78, 5) is 12.4. The average molecular weight is 236 g/mol. The molecule has 2 rings (SSSR count). The molecular formula is C16H28O. The topological polar surface area (TPSA) is 17.1 Å². The Hall–Kier alpha value is -0.330. The van der Waals surface area contributed by atoms with Gasteiger partial charge in [-0.05, 0) is 35.5 Å². The standard InChI is InChI=1S/C16H28O/c1-6-13-11(3)15(17)9-12-10(2)7-8-14(12)16(13,4)5/h10-14H,6-9H2,1-5H3/t10-,11?,12?,13+,14-/m1/s1. The number of rotatable bonds is 1. The SMILES string of the molecule is CC[C@H]1C(C)C(=O)CC2[C@H](C)CC[C@H]2C1(C)C. The van der Waals surface area contributed by atoms with Crippen molar-refractivity contribution in [2.24, 2.45) is 35.0 Å². The minimum atomic E-state index is 0.271. The van der Waals surface area contributed by atoms with Crippen LogP contribution in [0.1, 0.15) is 60.3 Å². The summed E-state index contributed by atoms with van der Waals surface area (Å²) in [7, 11) is 0. The highest BCUT2D eigenvalue weighted by atomic mass is 16.1. The van der Waals surface area contributed by atoms with E-state index in [0.717, 1.165) is 24.7 Å². The van der Waals surface area contributed by atoms with Gasteiger partial charge in [-0.25, -0.2) is 0 Å². The van der Waals surface area contributed by atoms with Gasteiger partial charge in [-0.15, -0.1) is 0 Å². The van der Waals surface area contributed by atoms with Gasteiger partial charge in [0.1, 0.15) is 5.78 Å². The fourth-order valence-electron chi connectivity index (χ4n) is 4.98. The number of hydrogen-bond donors (Lipinski definition) is 0. The van der Waals surface area contributed by atoms with E-state index in [0.29, 0.717) is 23.0 Å². The van der Waals surface area contributed by atoms with Crippen LogP contribution in [-0.4, -0.2) is 5.78 Å². The second kappa shape index (κ2) is 4.40. The highest BCUT2D eigenvalue weighted by molar-refractivity contribution is 5.81. The zero-order valence-electron chi connectivity index (χ0n) is 12.1. The van der Waals surface area contributed by atoms with E-state index < -0.39 is 0 Å². The predicted octanol–water partition coefficient (Wildman–Crippen LogP) is 4.31. The van der Waals surface area contributed by atoms with Crippen molar-refractivity contribution in [1.29, 1.82) is 0 Å². The third-order valence-corrected chi connectivity index (χ3v) is 6.08. The summed E-state index contributed by atoms with van der Waals surface area (Å²) in [5, 5.41) is 0. The maximum absolute atomic E-state index is 12.4. The molecule has 17 heavy (non-hydrogen) atoms. The van der Waals surface area contributed by atoms with E-state index in [2.05, 4.69) is 34.6 Å². The Balaban J connectivity index is 2.37. The molecule has 0 aromatic carbocycles. The Bertz CT molecular complexity index is 305. The molecule has 98 valence electrons. The van der Waals surface area contributed by atoms with Gasteiger partial charge in [-0.3, -0.25) is 4.79 Å². The molecule has 0 radical (unpaired) electrons. The molecule has 1 heteroatoms. The molecular weight excluding hydrogens is 208 g/mol. The maximum atomic E-state index is 12.4. The van der Waals surface area contributed by atoms with Gasteiger partial charge in [0.05, 0.1) is 0 Å². The fourth-order valence-corrected chi connectivity index (χ4v) is 4.98. The highest BCUT2D eigenvalue weighted by Gasteiger charge is 2.51. The van der Waals surface area contributed by atoms with Crippen molar-refractivity contribution >= 4 is 5.78 Å². The summed E-state index contributed by atoms with van der Waals surface area (Å²) in [5.74, 6) is 3.58. The van der Waals surface area contributed by atoms with E-state index in [1.165, 1.54) is 12.8 Å². The van der Waals surface area contributed by atoms with Gasteiger partial charge in [0, 0.05) is 12.3 Å². The zero-order chi connectivity index (χ0) is 12.8. The van der Waals surface area contributed by atoms with Crippen LogP contribution in [0.25, 0.3) is 0 Å². The molecule has 2 saturated carbocycles. The van der Waals surface area contributed by atoms with Gasteiger partial charge >= 0.3 is 0 Å². The van der Waals surface area contributed by atoms with Crippen molar-refractivity contribution in [2.75, 3.05) is 0 Å². The Morgan fingerprint density at radius 2 is 1.88 bits per heavy atom. The third-order valence-electron chi connectivity index (χ3n) is 6.08. The van der Waals surface area contributed by atoms with Crippen molar-refractivity contribution in [1.82, 2.24) is 0 Å². The van der Waals surface area contributed by atoms with Gasteiger partial charge in [0.25, 0.3) is 0 Å². The Morgan fingerprint density at radius 3 is 2.47 bits per heavy atom. The minimum Gasteiger partial charge on any atom is -0.299 e. The molecule has 0 bridgehead atoms. The quantitative estimate of drug-likeness (QED) is 0.663. The van der Waals surface area contributed by atoms with E-state index in [4.69, 9.17) is 0 Å². The van der Waals surface area contributed by atoms with Crippen molar-refractivity contribution in [2.45, 2.75) is 60.3 Å². The lowest BCUT2D eigenvalue weighted by Gasteiger charge is -2.41. The maximum Gasteiger partial charge on any atom is 0.136 e. The molecule has 0 aromatic heterocycles. The van der Waals surface area contributed by atoms with Gasteiger partial charge < -0.3 is 0 Å². The minimum absolute atomic E-state index is 0.271. The van der Waals surface area contributed by atoms with Crippen molar-refractivity contribution < 1.29 is 4.79 Å². The molecule has 0 N–H and O–H groups in total. The lowest BCUT2D eigenvalue weighted by molar-refractivity contribution is -0.125. The number of fused-ring (bicyclic) bond motifs is 1. The number of carbonyl (C=O) groups is 1. The number of carbonyl (C=O) groups excluding carboxylic acids is 1. The number of ketones is 1. The second-order valence-electron chi connectivity index (χ2n) is 7.12. The van der Waals surface area contributed by atoms with Gasteiger partial charge in [0.15, 0.2) is 0 Å². The molecule has 2 aliphatic carbocycles. The van der Waals surface area contributed by atoms with Crippen molar-refractivity contribution in [3.63, 3.8) is 0 Å². The summed E-state index contributed by atoms with van der Waals surface area (Å²) < 4.78 is 0. The van der Waals surface area contributed by atoms with Gasteiger partial charge in [-0.1, -0.05) is 47.5 Å². The Morgan fingerprint density at radius 1 is 1.24 bits per heavy atom. The summed E-state index contributed by atoms with van der Waals surface area (Å²) in [5.41, 5.74) is 0.343. The monoisotopic (exact) mass is 236 g/mol. The van der Waals surface area contributed by atoms with Crippen molar-refractivity contribution in [3.8, 4) is 0 Å². The number of hydrogen-bond acceptors (Lipinski definition) is 1. The van der Waals surface area contributed by atoms with Crippen LogP contribution in [0.15, 0.2) is 0 Å². The first-order chi connectivity index (χ1) is 7.89. The second-order valence-corrected chi connectivity index (χ2v) is 7.12. The molecule has 2 aliphatic rings. The molecule has 0 aromatic rings. The Kier molecular flexibility index (Phi) is 3.40. The molecule has 0 aliphatic heterocycles. The van der Waals surface area contributed by atoms with Crippen LogP contribution >= 0.6 is 0 Å².